The summed E-state index contributed by atoms with van der Waals surface area (Å²) < 4.78 is 0. The molecule has 2 rings (SSSR count). The summed E-state index contributed by atoms with van der Waals surface area (Å²) in [6, 6.07) is 1.64. The van der Waals surface area contributed by atoms with Gasteiger partial charge in [0, 0.05) is 17.3 Å². The van der Waals surface area contributed by atoms with Crippen LogP contribution in [0.4, 0.5) is 0 Å². The van der Waals surface area contributed by atoms with Gasteiger partial charge in [-0.3, -0.25) is 0 Å². The molecule has 0 spiro atoms. The van der Waals surface area contributed by atoms with Gasteiger partial charge >= 0.3 is 0 Å². The van der Waals surface area contributed by atoms with E-state index in [2.05, 4.69) is 37.2 Å². The Hall–Kier alpha value is 0.310. The molecule has 4 atom stereocenters. The smallest absolute Gasteiger partial charge is 0.00805 e. The van der Waals surface area contributed by atoms with Gasteiger partial charge in [-0.15, -0.1) is 0 Å². The molecule has 2 fully saturated rings. The van der Waals surface area contributed by atoms with Crippen LogP contribution in [0, 0.1) is 11.8 Å². The van der Waals surface area contributed by atoms with Gasteiger partial charge in [0.2, 0.25) is 0 Å². The zero-order valence-corrected chi connectivity index (χ0v) is 13.3. The van der Waals surface area contributed by atoms with Crippen molar-refractivity contribution < 1.29 is 0 Å². The van der Waals surface area contributed by atoms with E-state index in [0.717, 1.165) is 29.2 Å². The van der Waals surface area contributed by atoms with E-state index >= 15 is 0 Å². The first-order valence-corrected chi connectivity index (χ1v) is 9.26. The molecule has 0 aromatic heterocycles. The van der Waals surface area contributed by atoms with Crippen LogP contribution in [0.15, 0.2) is 0 Å². The Labute approximate surface area is 118 Å². The van der Waals surface area contributed by atoms with Gasteiger partial charge < -0.3 is 5.32 Å². The van der Waals surface area contributed by atoms with Gasteiger partial charge in [-0.25, -0.2) is 0 Å². The SMILES string of the molecule is CSC1CCC(NC2CCCC(C(C)C)CC2)C1. The van der Waals surface area contributed by atoms with E-state index in [4.69, 9.17) is 0 Å². The van der Waals surface area contributed by atoms with Crippen molar-refractivity contribution in [3.8, 4) is 0 Å². The topological polar surface area (TPSA) is 12.0 Å². The van der Waals surface area contributed by atoms with E-state index in [1.54, 1.807) is 0 Å². The van der Waals surface area contributed by atoms with Crippen molar-refractivity contribution >= 4 is 11.8 Å². The van der Waals surface area contributed by atoms with Crippen LogP contribution in [0.1, 0.15) is 65.2 Å². The van der Waals surface area contributed by atoms with Crippen LogP contribution >= 0.6 is 11.8 Å². The van der Waals surface area contributed by atoms with Crippen LogP contribution in [-0.4, -0.2) is 23.6 Å². The van der Waals surface area contributed by atoms with Gasteiger partial charge in [0.05, 0.1) is 0 Å². The molecule has 0 bridgehead atoms. The highest BCUT2D eigenvalue weighted by atomic mass is 32.2. The molecule has 4 unspecified atom stereocenters. The predicted molar refractivity (Wildman–Crippen MR) is 83.3 cm³/mol. The number of hydrogen-bond donors (Lipinski definition) is 1. The molecular formula is C16H31NS. The van der Waals surface area contributed by atoms with Crippen molar-refractivity contribution in [1.29, 1.82) is 0 Å². The molecule has 0 heterocycles. The van der Waals surface area contributed by atoms with E-state index in [9.17, 15) is 0 Å². The molecule has 0 aliphatic heterocycles. The summed E-state index contributed by atoms with van der Waals surface area (Å²) in [6.07, 6.45) is 13.7. The zero-order chi connectivity index (χ0) is 13.0. The molecule has 0 amide bonds. The lowest BCUT2D eigenvalue weighted by Gasteiger charge is -2.22. The van der Waals surface area contributed by atoms with E-state index in [1.807, 2.05) is 0 Å². The molecule has 2 heteroatoms. The maximum absolute atomic E-state index is 3.97. The Kier molecular flexibility index (Phi) is 5.88. The number of rotatable bonds is 4. The van der Waals surface area contributed by atoms with Crippen LogP contribution in [0.5, 0.6) is 0 Å². The largest absolute Gasteiger partial charge is 0.311 e. The summed E-state index contributed by atoms with van der Waals surface area (Å²) in [6.45, 7) is 4.80. The van der Waals surface area contributed by atoms with Crippen LogP contribution in [-0.2, 0) is 0 Å². The highest BCUT2D eigenvalue weighted by Crippen LogP contribution is 2.32. The summed E-state index contributed by atoms with van der Waals surface area (Å²) in [5.74, 6) is 1.87. The summed E-state index contributed by atoms with van der Waals surface area (Å²) in [5.41, 5.74) is 0. The number of nitrogens with one attached hydrogen (secondary N) is 1. The fraction of sp³-hybridized carbons (Fsp3) is 1.00. The zero-order valence-electron chi connectivity index (χ0n) is 12.5. The van der Waals surface area contributed by atoms with Gasteiger partial charge in [-0.2, -0.15) is 11.8 Å². The normalized spacial score (nSPS) is 38.0. The molecule has 2 aliphatic rings. The first-order chi connectivity index (χ1) is 8.69. The Morgan fingerprint density at radius 1 is 0.944 bits per heavy atom. The minimum absolute atomic E-state index is 0.819. The average molecular weight is 269 g/mol. The van der Waals surface area contributed by atoms with Crippen molar-refractivity contribution in [2.75, 3.05) is 6.26 Å². The van der Waals surface area contributed by atoms with Crippen molar-refractivity contribution in [3.63, 3.8) is 0 Å². The Morgan fingerprint density at radius 3 is 2.39 bits per heavy atom. The molecule has 106 valence electrons. The predicted octanol–water partition coefficient (Wildman–Crippen LogP) is 4.47. The molecular weight excluding hydrogens is 238 g/mol. The number of hydrogen-bond acceptors (Lipinski definition) is 2. The molecule has 1 N–H and O–H groups in total. The molecule has 0 aromatic carbocycles. The second-order valence-corrected chi connectivity index (χ2v) is 7.88. The third-order valence-electron chi connectivity index (χ3n) is 5.15. The second kappa shape index (κ2) is 7.19. The Balaban J connectivity index is 1.74. The highest BCUT2D eigenvalue weighted by Gasteiger charge is 2.27. The van der Waals surface area contributed by atoms with Crippen LogP contribution in [0.2, 0.25) is 0 Å². The molecule has 0 radical (unpaired) electrons. The van der Waals surface area contributed by atoms with Crippen molar-refractivity contribution in [2.45, 2.75) is 82.5 Å². The van der Waals surface area contributed by atoms with E-state index in [-0.39, 0.29) is 0 Å². The maximum Gasteiger partial charge on any atom is 0.00805 e. The standard InChI is InChI=1S/C16H31NS/c1-12(2)13-5-4-6-14(8-7-13)17-15-9-10-16(11-15)18-3/h12-17H,4-11H2,1-3H3. The summed E-state index contributed by atoms with van der Waals surface area (Å²) in [7, 11) is 0. The first-order valence-electron chi connectivity index (χ1n) is 7.98. The lowest BCUT2D eigenvalue weighted by Crippen LogP contribution is -2.36. The molecule has 1 nitrogen and oxygen atoms in total. The Bertz CT molecular complexity index is 241. The van der Waals surface area contributed by atoms with Crippen LogP contribution in [0.25, 0.3) is 0 Å². The number of thioether (sulfide) groups is 1. The van der Waals surface area contributed by atoms with Crippen LogP contribution in [0.3, 0.4) is 0 Å². The summed E-state index contributed by atoms with van der Waals surface area (Å²) >= 11 is 2.07. The summed E-state index contributed by atoms with van der Waals surface area (Å²) in [5, 5.41) is 4.90. The lowest BCUT2D eigenvalue weighted by molar-refractivity contribution is 0.333. The van der Waals surface area contributed by atoms with Gasteiger partial charge in [-0.05, 0) is 56.6 Å². The minimum atomic E-state index is 0.819. The molecule has 18 heavy (non-hydrogen) atoms. The molecule has 2 saturated carbocycles. The fourth-order valence-electron chi connectivity index (χ4n) is 3.80. The molecule has 0 saturated heterocycles. The second-order valence-electron chi connectivity index (χ2n) is 6.74. The Morgan fingerprint density at radius 2 is 1.72 bits per heavy atom. The first kappa shape index (κ1) is 14.7. The third-order valence-corrected chi connectivity index (χ3v) is 6.24. The van der Waals surface area contributed by atoms with Gasteiger partial charge in [0.1, 0.15) is 0 Å². The van der Waals surface area contributed by atoms with E-state index < -0.39 is 0 Å². The van der Waals surface area contributed by atoms with E-state index in [0.29, 0.717) is 0 Å². The van der Waals surface area contributed by atoms with Crippen molar-refractivity contribution in [2.24, 2.45) is 11.8 Å². The maximum atomic E-state index is 3.97. The third kappa shape index (κ3) is 4.16. The van der Waals surface area contributed by atoms with Gasteiger partial charge in [-0.1, -0.05) is 26.7 Å². The summed E-state index contributed by atoms with van der Waals surface area (Å²) in [4.78, 5) is 0. The van der Waals surface area contributed by atoms with Crippen molar-refractivity contribution in [3.05, 3.63) is 0 Å². The lowest BCUT2D eigenvalue weighted by atomic mass is 9.89. The van der Waals surface area contributed by atoms with Gasteiger partial charge in [0.25, 0.3) is 0 Å². The monoisotopic (exact) mass is 269 g/mol. The molecule has 2 aliphatic carbocycles. The minimum Gasteiger partial charge on any atom is -0.311 e. The van der Waals surface area contributed by atoms with Gasteiger partial charge in [0.15, 0.2) is 0 Å². The fourth-order valence-corrected chi connectivity index (χ4v) is 4.60. The van der Waals surface area contributed by atoms with Crippen LogP contribution < -0.4 is 5.32 Å². The molecule has 0 aromatic rings. The average Bonchev–Trinajstić information content (AvgIpc) is 2.66. The van der Waals surface area contributed by atoms with Crippen molar-refractivity contribution in [1.82, 2.24) is 5.32 Å². The van der Waals surface area contributed by atoms with E-state index in [1.165, 1.54) is 51.4 Å². The quantitative estimate of drug-likeness (QED) is 0.756. The highest BCUT2D eigenvalue weighted by molar-refractivity contribution is 7.99.